The molecule has 2 fully saturated rings. The van der Waals surface area contributed by atoms with Gasteiger partial charge < -0.3 is 15.2 Å². The van der Waals surface area contributed by atoms with E-state index >= 15 is 0 Å². The highest BCUT2D eigenvalue weighted by Gasteiger charge is 2.40. The fourth-order valence-electron chi connectivity index (χ4n) is 3.34. The van der Waals surface area contributed by atoms with Gasteiger partial charge in [0.2, 0.25) is 0 Å². The van der Waals surface area contributed by atoms with Crippen molar-refractivity contribution < 1.29 is 9.84 Å². The molecular weight excluding hydrogens is 216 g/mol. The Labute approximate surface area is 104 Å². The standard InChI is InChI=1S/C13H26N2O2/c1-17-12-4-2-5-13(10-12,11-16)15-8-3-6-14-7-9-15/h12,14,16H,2-11H2,1H3. The molecule has 1 saturated carbocycles. The first kappa shape index (κ1) is 13.3. The van der Waals surface area contributed by atoms with Gasteiger partial charge >= 0.3 is 0 Å². The summed E-state index contributed by atoms with van der Waals surface area (Å²) in [5.74, 6) is 0. The summed E-state index contributed by atoms with van der Waals surface area (Å²) in [6, 6.07) is 0. The van der Waals surface area contributed by atoms with Gasteiger partial charge in [0.05, 0.1) is 12.7 Å². The number of aliphatic hydroxyl groups is 1. The van der Waals surface area contributed by atoms with E-state index < -0.39 is 0 Å². The van der Waals surface area contributed by atoms with Crippen molar-refractivity contribution in [3.05, 3.63) is 0 Å². The van der Waals surface area contributed by atoms with E-state index in [1.54, 1.807) is 7.11 Å². The predicted octanol–water partition coefficient (Wildman–Crippen LogP) is 0.602. The summed E-state index contributed by atoms with van der Waals surface area (Å²) in [5.41, 5.74) is -0.0229. The molecule has 2 unspecified atom stereocenters. The molecule has 0 amide bonds. The molecule has 0 bridgehead atoms. The average molecular weight is 242 g/mol. The minimum Gasteiger partial charge on any atom is -0.394 e. The Morgan fingerprint density at radius 2 is 2.24 bits per heavy atom. The molecule has 1 heterocycles. The topological polar surface area (TPSA) is 44.7 Å². The molecule has 17 heavy (non-hydrogen) atoms. The van der Waals surface area contributed by atoms with Crippen molar-refractivity contribution in [1.82, 2.24) is 10.2 Å². The Morgan fingerprint density at radius 3 is 3.00 bits per heavy atom. The van der Waals surface area contributed by atoms with E-state index in [4.69, 9.17) is 4.74 Å². The highest BCUT2D eigenvalue weighted by Crippen LogP contribution is 2.35. The fourth-order valence-corrected chi connectivity index (χ4v) is 3.34. The van der Waals surface area contributed by atoms with Gasteiger partial charge in [-0.3, -0.25) is 4.90 Å². The normalized spacial score (nSPS) is 36.7. The number of rotatable bonds is 3. The Hall–Kier alpha value is -0.160. The van der Waals surface area contributed by atoms with Crippen LogP contribution in [0.3, 0.4) is 0 Å². The number of hydrogen-bond donors (Lipinski definition) is 2. The van der Waals surface area contributed by atoms with Crippen molar-refractivity contribution in [2.24, 2.45) is 0 Å². The SMILES string of the molecule is COC1CCCC(CO)(N2CCCNCC2)C1. The first-order chi connectivity index (χ1) is 8.30. The van der Waals surface area contributed by atoms with Crippen LogP contribution >= 0.6 is 0 Å². The molecule has 2 atom stereocenters. The first-order valence-electron chi connectivity index (χ1n) is 6.90. The molecular formula is C13H26N2O2. The van der Waals surface area contributed by atoms with Crippen LogP contribution in [0.4, 0.5) is 0 Å². The van der Waals surface area contributed by atoms with Crippen LogP contribution < -0.4 is 5.32 Å². The summed E-state index contributed by atoms with van der Waals surface area (Å²) in [5, 5.41) is 13.3. The summed E-state index contributed by atoms with van der Waals surface area (Å²) in [6.45, 7) is 4.57. The van der Waals surface area contributed by atoms with Crippen molar-refractivity contribution >= 4 is 0 Å². The van der Waals surface area contributed by atoms with E-state index in [0.717, 1.165) is 45.4 Å². The molecule has 0 aromatic carbocycles. The number of hydrogen-bond acceptors (Lipinski definition) is 4. The molecule has 2 rings (SSSR count). The number of nitrogens with one attached hydrogen (secondary N) is 1. The Kier molecular flexibility index (Phi) is 4.79. The molecule has 4 heteroatoms. The second-order valence-electron chi connectivity index (χ2n) is 5.43. The summed E-state index contributed by atoms with van der Waals surface area (Å²) in [7, 11) is 1.79. The second kappa shape index (κ2) is 6.14. The van der Waals surface area contributed by atoms with Crippen LogP contribution in [-0.4, -0.2) is 61.5 Å². The highest BCUT2D eigenvalue weighted by atomic mass is 16.5. The minimum atomic E-state index is -0.0229. The molecule has 2 aliphatic rings. The molecule has 0 radical (unpaired) electrons. The average Bonchev–Trinajstić information content (AvgIpc) is 2.68. The third kappa shape index (κ3) is 2.99. The van der Waals surface area contributed by atoms with Crippen LogP contribution in [0.15, 0.2) is 0 Å². The van der Waals surface area contributed by atoms with Gasteiger partial charge in [0.15, 0.2) is 0 Å². The number of aliphatic hydroxyl groups excluding tert-OH is 1. The van der Waals surface area contributed by atoms with Gasteiger partial charge in [-0.15, -0.1) is 0 Å². The van der Waals surface area contributed by atoms with Crippen molar-refractivity contribution in [1.29, 1.82) is 0 Å². The van der Waals surface area contributed by atoms with Crippen molar-refractivity contribution in [3.63, 3.8) is 0 Å². The monoisotopic (exact) mass is 242 g/mol. The summed E-state index contributed by atoms with van der Waals surface area (Å²) in [6.07, 6.45) is 5.92. The maximum atomic E-state index is 9.88. The van der Waals surface area contributed by atoms with Gasteiger partial charge in [0.25, 0.3) is 0 Å². The van der Waals surface area contributed by atoms with Crippen LogP contribution in [-0.2, 0) is 4.74 Å². The predicted molar refractivity (Wildman–Crippen MR) is 68.1 cm³/mol. The largest absolute Gasteiger partial charge is 0.394 e. The summed E-state index contributed by atoms with van der Waals surface area (Å²) >= 11 is 0. The number of nitrogens with zero attached hydrogens (tertiary/aromatic N) is 1. The van der Waals surface area contributed by atoms with Gasteiger partial charge in [-0.1, -0.05) is 0 Å². The molecule has 2 N–H and O–H groups in total. The lowest BCUT2D eigenvalue weighted by molar-refractivity contribution is -0.0505. The zero-order valence-corrected chi connectivity index (χ0v) is 11.0. The van der Waals surface area contributed by atoms with E-state index in [9.17, 15) is 5.11 Å². The second-order valence-corrected chi connectivity index (χ2v) is 5.43. The Morgan fingerprint density at radius 1 is 1.35 bits per heavy atom. The van der Waals surface area contributed by atoms with Crippen molar-refractivity contribution in [3.8, 4) is 0 Å². The molecule has 100 valence electrons. The van der Waals surface area contributed by atoms with Gasteiger partial charge in [-0.05, 0) is 38.6 Å². The van der Waals surface area contributed by atoms with E-state index in [0.29, 0.717) is 6.10 Å². The van der Waals surface area contributed by atoms with E-state index in [-0.39, 0.29) is 12.1 Å². The number of methoxy groups -OCH3 is 1. The lowest BCUT2D eigenvalue weighted by Crippen LogP contribution is -2.56. The van der Waals surface area contributed by atoms with E-state index in [2.05, 4.69) is 10.2 Å². The maximum Gasteiger partial charge on any atom is 0.0616 e. The minimum absolute atomic E-state index is 0.0229. The molecule has 1 saturated heterocycles. The van der Waals surface area contributed by atoms with Crippen LogP contribution in [0.1, 0.15) is 32.1 Å². The van der Waals surface area contributed by atoms with Crippen LogP contribution in [0, 0.1) is 0 Å². The van der Waals surface area contributed by atoms with Crippen LogP contribution in [0.5, 0.6) is 0 Å². The smallest absolute Gasteiger partial charge is 0.0616 e. The lowest BCUT2D eigenvalue weighted by Gasteiger charge is -2.47. The maximum absolute atomic E-state index is 9.88. The molecule has 4 nitrogen and oxygen atoms in total. The number of ether oxygens (including phenoxy) is 1. The lowest BCUT2D eigenvalue weighted by atomic mass is 9.79. The van der Waals surface area contributed by atoms with Gasteiger partial charge in [-0.25, -0.2) is 0 Å². The van der Waals surface area contributed by atoms with Crippen molar-refractivity contribution in [2.45, 2.75) is 43.7 Å². The highest BCUT2D eigenvalue weighted by molar-refractivity contribution is 4.96. The third-order valence-electron chi connectivity index (χ3n) is 4.41. The Balaban J connectivity index is 2.05. The van der Waals surface area contributed by atoms with E-state index in [1.165, 1.54) is 12.8 Å². The Bertz CT molecular complexity index is 229. The summed E-state index contributed by atoms with van der Waals surface area (Å²) < 4.78 is 5.52. The van der Waals surface area contributed by atoms with Crippen LogP contribution in [0.25, 0.3) is 0 Å². The van der Waals surface area contributed by atoms with Gasteiger partial charge in [0, 0.05) is 32.3 Å². The molecule has 1 aliphatic heterocycles. The van der Waals surface area contributed by atoms with E-state index in [1.807, 2.05) is 0 Å². The summed E-state index contributed by atoms with van der Waals surface area (Å²) in [4.78, 5) is 2.50. The van der Waals surface area contributed by atoms with Crippen molar-refractivity contribution in [2.75, 3.05) is 39.9 Å². The quantitative estimate of drug-likeness (QED) is 0.761. The van der Waals surface area contributed by atoms with Crippen LogP contribution in [0.2, 0.25) is 0 Å². The molecule has 0 spiro atoms. The first-order valence-corrected chi connectivity index (χ1v) is 6.90. The van der Waals surface area contributed by atoms with Gasteiger partial charge in [0.1, 0.15) is 0 Å². The van der Waals surface area contributed by atoms with Gasteiger partial charge in [-0.2, -0.15) is 0 Å². The zero-order valence-electron chi connectivity index (χ0n) is 11.0. The fraction of sp³-hybridized carbons (Fsp3) is 1.00. The molecule has 0 aromatic heterocycles. The third-order valence-corrected chi connectivity index (χ3v) is 4.41. The zero-order chi connectivity index (χ0) is 12.1. The molecule has 0 aromatic rings. The molecule has 1 aliphatic carbocycles.